The van der Waals surface area contributed by atoms with Crippen LogP contribution < -0.4 is 21.3 Å². The molecule has 1 fully saturated rings. The largest absolute Gasteiger partial charge is 0.384 e. The van der Waals surface area contributed by atoms with Crippen LogP contribution in [0.5, 0.6) is 0 Å². The van der Waals surface area contributed by atoms with Crippen molar-refractivity contribution in [3.63, 3.8) is 0 Å². The maximum absolute atomic E-state index is 10.5. The molecule has 34 heavy (non-hydrogen) atoms. The topological polar surface area (TPSA) is 90.0 Å². The number of hydrogen-bond acceptors (Lipinski definition) is 7. The smallest absolute Gasteiger partial charge is 0.211 e. The SMILES string of the molecule is C=C(C)/C=C/C(C/C=C/NC=O)NCC1C=C(NCCC(CC)NC)C=NC1N1CCOCC1. The van der Waals surface area contributed by atoms with E-state index < -0.39 is 0 Å². The zero-order valence-corrected chi connectivity index (χ0v) is 21.1. The summed E-state index contributed by atoms with van der Waals surface area (Å²) in [6, 6.07) is 0.651. The van der Waals surface area contributed by atoms with E-state index in [4.69, 9.17) is 9.73 Å². The van der Waals surface area contributed by atoms with Crippen LogP contribution in [0, 0.1) is 5.92 Å². The van der Waals surface area contributed by atoms with Gasteiger partial charge >= 0.3 is 0 Å². The molecule has 190 valence electrons. The first-order chi connectivity index (χ1) is 16.6. The Kier molecular flexibility index (Phi) is 13.5. The van der Waals surface area contributed by atoms with Crippen LogP contribution in [0.4, 0.5) is 0 Å². The Bertz CT molecular complexity index is 723. The zero-order chi connectivity index (χ0) is 24.6. The highest BCUT2D eigenvalue weighted by Gasteiger charge is 2.29. The number of nitrogens with zero attached hydrogens (tertiary/aromatic N) is 2. The summed E-state index contributed by atoms with van der Waals surface area (Å²) in [5.74, 6) is 0.231. The highest BCUT2D eigenvalue weighted by molar-refractivity contribution is 5.79. The third-order valence-corrected chi connectivity index (χ3v) is 6.19. The number of morpholine rings is 1. The van der Waals surface area contributed by atoms with Gasteiger partial charge in [-0.25, -0.2) is 0 Å². The van der Waals surface area contributed by atoms with E-state index >= 15 is 0 Å². The molecule has 0 aromatic rings. The lowest BCUT2D eigenvalue weighted by Gasteiger charge is -2.38. The number of rotatable bonds is 16. The Morgan fingerprint density at radius 1 is 1.38 bits per heavy atom. The second-order valence-electron chi connectivity index (χ2n) is 8.88. The monoisotopic (exact) mass is 472 g/mol. The van der Waals surface area contributed by atoms with Crippen molar-refractivity contribution in [3.8, 4) is 0 Å². The minimum Gasteiger partial charge on any atom is -0.384 e. The summed E-state index contributed by atoms with van der Waals surface area (Å²) in [7, 11) is 2.02. The van der Waals surface area contributed by atoms with Crippen molar-refractivity contribution in [2.45, 2.75) is 51.4 Å². The van der Waals surface area contributed by atoms with Crippen LogP contribution in [0.25, 0.3) is 0 Å². The number of dihydropyridines is 1. The molecule has 8 nitrogen and oxygen atoms in total. The molecule has 2 heterocycles. The molecule has 0 aromatic carbocycles. The summed E-state index contributed by atoms with van der Waals surface area (Å²) in [4.78, 5) is 17.9. The van der Waals surface area contributed by atoms with Crippen LogP contribution in [0.1, 0.15) is 33.1 Å². The van der Waals surface area contributed by atoms with Crippen LogP contribution in [-0.4, -0.2) is 82.2 Å². The summed E-state index contributed by atoms with van der Waals surface area (Å²) >= 11 is 0. The van der Waals surface area contributed by atoms with Crippen molar-refractivity contribution in [2.75, 3.05) is 46.4 Å². The van der Waals surface area contributed by atoms with Gasteiger partial charge in [-0.15, -0.1) is 0 Å². The van der Waals surface area contributed by atoms with Crippen LogP contribution >= 0.6 is 0 Å². The van der Waals surface area contributed by atoms with Crippen LogP contribution in [0.2, 0.25) is 0 Å². The first-order valence-electron chi connectivity index (χ1n) is 12.5. The van der Waals surface area contributed by atoms with Gasteiger partial charge in [-0.3, -0.25) is 14.7 Å². The molecule has 0 radical (unpaired) electrons. The lowest BCUT2D eigenvalue weighted by Crippen LogP contribution is -2.49. The molecule has 1 amide bonds. The first kappa shape index (κ1) is 28.0. The summed E-state index contributed by atoms with van der Waals surface area (Å²) in [5, 5.41) is 13.2. The average Bonchev–Trinajstić information content (AvgIpc) is 2.86. The second kappa shape index (κ2) is 16.4. The fraction of sp³-hybridized carbons (Fsp3) is 0.615. The predicted octanol–water partition coefficient (Wildman–Crippen LogP) is 1.95. The Morgan fingerprint density at radius 2 is 2.18 bits per heavy atom. The van der Waals surface area contributed by atoms with Gasteiger partial charge < -0.3 is 26.0 Å². The molecule has 0 aromatic heterocycles. The molecule has 0 bridgehead atoms. The van der Waals surface area contributed by atoms with Gasteiger partial charge in [-0.2, -0.15) is 0 Å². The standard InChI is InChI=1S/C26H44N6O2/c1-5-23(27-4)10-12-29-25-17-22(26(31-19-25)32-13-15-34-16-14-32)18-30-24(9-8-21(2)3)7-6-11-28-20-33/h6,8-9,11,17,19-20,22-24,26-27,29-30H,2,5,7,10,12-16,18H2,1,3-4H3,(H,28,33)/b9-8+,11-6+. The normalized spacial score (nSPS) is 23.1. The number of carbonyl (C=O) groups excluding carboxylic acids is 1. The molecule has 1 saturated heterocycles. The maximum atomic E-state index is 10.5. The summed E-state index contributed by atoms with van der Waals surface area (Å²) in [5.41, 5.74) is 2.10. The minimum atomic E-state index is 0.0979. The Balaban J connectivity index is 2.06. The molecule has 0 aliphatic carbocycles. The molecule has 8 heteroatoms. The van der Waals surface area contributed by atoms with Gasteiger partial charge in [-0.1, -0.05) is 43.4 Å². The van der Waals surface area contributed by atoms with Gasteiger partial charge in [0, 0.05) is 56.1 Å². The highest BCUT2D eigenvalue weighted by atomic mass is 16.5. The number of carbonyl (C=O) groups is 1. The molecule has 2 rings (SSSR count). The van der Waals surface area contributed by atoms with Crippen LogP contribution in [0.15, 0.2) is 53.3 Å². The quantitative estimate of drug-likeness (QED) is 0.203. The van der Waals surface area contributed by atoms with Gasteiger partial charge in [0.05, 0.1) is 13.2 Å². The number of amides is 1. The van der Waals surface area contributed by atoms with Crippen molar-refractivity contribution < 1.29 is 9.53 Å². The van der Waals surface area contributed by atoms with Crippen LogP contribution in [-0.2, 0) is 9.53 Å². The molecule has 4 atom stereocenters. The maximum Gasteiger partial charge on any atom is 0.211 e. The van der Waals surface area contributed by atoms with E-state index in [1.54, 1.807) is 6.20 Å². The third-order valence-electron chi connectivity index (χ3n) is 6.19. The molecule has 0 saturated carbocycles. The van der Waals surface area contributed by atoms with Crippen molar-refractivity contribution >= 4 is 12.6 Å². The number of aliphatic imine (C=N–C) groups is 1. The lowest BCUT2D eigenvalue weighted by atomic mass is 9.99. The Labute approximate surface area is 205 Å². The number of hydrogen-bond donors (Lipinski definition) is 4. The van der Waals surface area contributed by atoms with Gasteiger partial charge in [-0.05, 0) is 39.4 Å². The summed E-state index contributed by atoms with van der Waals surface area (Å²) < 4.78 is 5.56. The van der Waals surface area contributed by atoms with E-state index in [2.05, 4.69) is 51.8 Å². The molecule has 4 unspecified atom stereocenters. The van der Waals surface area contributed by atoms with Gasteiger partial charge in [0.25, 0.3) is 0 Å². The van der Waals surface area contributed by atoms with E-state index in [0.717, 1.165) is 69.9 Å². The molecular weight excluding hydrogens is 428 g/mol. The zero-order valence-electron chi connectivity index (χ0n) is 21.1. The Morgan fingerprint density at radius 3 is 2.85 bits per heavy atom. The fourth-order valence-electron chi connectivity index (χ4n) is 4.17. The van der Waals surface area contributed by atoms with Crippen molar-refractivity contribution in [1.82, 2.24) is 26.2 Å². The third kappa shape index (κ3) is 10.3. The van der Waals surface area contributed by atoms with E-state index in [1.807, 2.05) is 32.3 Å². The first-order valence-corrected chi connectivity index (χ1v) is 12.5. The Hall–Kier alpha value is -2.26. The second-order valence-corrected chi connectivity index (χ2v) is 8.88. The van der Waals surface area contributed by atoms with E-state index in [9.17, 15) is 4.79 Å². The lowest BCUT2D eigenvalue weighted by molar-refractivity contribution is -0.108. The minimum absolute atomic E-state index is 0.0979. The summed E-state index contributed by atoms with van der Waals surface area (Å²) in [6.07, 6.45) is 15.8. The number of allylic oxidation sites excluding steroid dienone is 3. The summed E-state index contributed by atoms with van der Waals surface area (Å²) in [6.45, 7) is 13.2. The van der Waals surface area contributed by atoms with Gasteiger partial charge in [0.1, 0.15) is 6.17 Å². The molecule has 0 spiro atoms. The van der Waals surface area contributed by atoms with Crippen molar-refractivity contribution in [3.05, 3.63) is 48.4 Å². The average molecular weight is 473 g/mol. The van der Waals surface area contributed by atoms with Crippen molar-refractivity contribution in [2.24, 2.45) is 10.9 Å². The number of ether oxygens (including phenoxy) is 1. The fourth-order valence-corrected chi connectivity index (χ4v) is 4.17. The molecule has 2 aliphatic rings. The van der Waals surface area contributed by atoms with Crippen LogP contribution in [0.3, 0.4) is 0 Å². The van der Waals surface area contributed by atoms with E-state index in [0.29, 0.717) is 12.5 Å². The van der Waals surface area contributed by atoms with E-state index in [-0.39, 0.29) is 18.1 Å². The molecule has 2 aliphatic heterocycles. The van der Waals surface area contributed by atoms with Gasteiger partial charge in [0.2, 0.25) is 6.41 Å². The highest BCUT2D eigenvalue weighted by Crippen LogP contribution is 2.21. The van der Waals surface area contributed by atoms with Crippen molar-refractivity contribution in [1.29, 1.82) is 0 Å². The predicted molar refractivity (Wildman–Crippen MR) is 141 cm³/mol. The molecule has 4 N–H and O–H groups in total. The number of nitrogens with one attached hydrogen (secondary N) is 4. The molecular formula is C26H44N6O2. The van der Waals surface area contributed by atoms with E-state index in [1.165, 1.54) is 0 Å². The van der Waals surface area contributed by atoms with Gasteiger partial charge in [0.15, 0.2) is 0 Å².